The van der Waals surface area contributed by atoms with Gasteiger partial charge in [-0.05, 0) is 16.8 Å². The Morgan fingerprint density at radius 3 is 3.06 bits per heavy atom. The minimum atomic E-state index is -0.0240. The van der Waals surface area contributed by atoms with Gasteiger partial charge < -0.3 is 10.1 Å². The largest absolute Gasteiger partial charge is 0.385 e. The number of amides is 1. The number of hydrogen-bond donors (Lipinski definition) is 1. The summed E-state index contributed by atoms with van der Waals surface area (Å²) in [6.45, 7) is 1.28. The third-order valence-corrected chi connectivity index (χ3v) is 2.77. The summed E-state index contributed by atoms with van der Waals surface area (Å²) in [6.07, 6.45) is 0.818. The predicted molar refractivity (Wildman–Crippen MR) is 59.0 cm³/mol. The van der Waals surface area contributed by atoms with Gasteiger partial charge in [0.2, 0.25) is 11.1 Å². The molecule has 0 saturated carbocycles. The Balaban J connectivity index is 2.13. The second kappa shape index (κ2) is 7.18. The maximum atomic E-state index is 11.4. The minimum absolute atomic E-state index is 0.0240. The molecule has 0 saturated heterocycles. The molecule has 1 amide bonds. The molecular formula is C8H15N5O2S. The molecule has 0 aliphatic carbocycles. The number of methoxy groups -OCH3 is 1. The Hall–Kier alpha value is -1.15. The highest BCUT2D eigenvalue weighted by atomic mass is 32.2. The molecule has 1 N–H and O–H groups in total. The van der Waals surface area contributed by atoms with E-state index < -0.39 is 0 Å². The summed E-state index contributed by atoms with van der Waals surface area (Å²) in [5.74, 6) is 0.297. The van der Waals surface area contributed by atoms with Gasteiger partial charge in [-0.3, -0.25) is 4.79 Å². The van der Waals surface area contributed by atoms with E-state index in [1.807, 2.05) is 0 Å². The van der Waals surface area contributed by atoms with E-state index in [-0.39, 0.29) is 5.91 Å². The van der Waals surface area contributed by atoms with Gasteiger partial charge in [-0.2, -0.15) is 0 Å². The first-order valence-electron chi connectivity index (χ1n) is 4.85. The van der Waals surface area contributed by atoms with Crippen molar-refractivity contribution in [3.05, 3.63) is 0 Å². The third-order valence-electron chi connectivity index (χ3n) is 1.76. The molecule has 16 heavy (non-hydrogen) atoms. The van der Waals surface area contributed by atoms with Crippen molar-refractivity contribution >= 4 is 17.7 Å². The van der Waals surface area contributed by atoms with Gasteiger partial charge in [0.15, 0.2) is 0 Å². The highest BCUT2D eigenvalue weighted by Crippen LogP contribution is 2.10. The van der Waals surface area contributed by atoms with Crippen molar-refractivity contribution in [1.29, 1.82) is 0 Å². The summed E-state index contributed by atoms with van der Waals surface area (Å²) in [7, 11) is 3.37. The summed E-state index contributed by atoms with van der Waals surface area (Å²) >= 11 is 1.31. The molecular weight excluding hydrogens is 230 g/mol. The first kappa shape index (κ1) is 12.9. The van der Waals surface area contributed by atoms with Crippen LogP contribution in [0.5, 0.6) is 0 Å². The highest BCUT2D eigenvalue weighted by molar-refractivity contribution is 7.99. The van der Waals surface area contributed by atoms with Crippen LogP contribution < -0.4 is 5.32 Å². The average molecular weight is 245 g/mol. The van der Waals surface area contributed by atoms with Crippen LogP contribution >= 0.6 is 11.8 Å². The summed E-state index contributed by atoms with van der Waals surface area (Å²) in [6, 6.07) is 0. The molecule has 90 valence electrons. The van der Waals surface area contributed by atoms with Crippen molar-refractivity contribution in [2.75, 3.05) is 26.0 Å². The molecule has 0 spiro atoms. The number of nitrogens with one attached hydrogen (secondary N) is 1. The first-order chi connectivity index (χ1) is 7.74. The number of aromatic nitrogens is 4. The third kappa shape index (κ3) is 4.58. The van der Waals surface area contributed by atoms with Crippen LogP contribution in [0.25, 0.3) is 0 Å². The molecule has 1 aromatic heterocycles. The molecule has 0 aliphatic heterocycles. The van der Waals surface area contributed by atoms with Gasteiger partial charge in [-0.15, -0.1) is 5.10 Å². The summed E-state index contributed by atoms with van der Waals surface area (Å²) in [4.78, 5) is 11.4. The zero-order valence-electron chi connectivity index (χ0n) is 9.34. The molecule has 8 heteroatoms. The summed E-state index contributed by atoms with van der Waals surface area (Å²) in [5.41, 5.74) is 0. The monoisotopic (exact) mass is 245 g/mol. The SMILES string of the molecule is COCCCNC(=O)CSc1nnnn1C. The number of ether oxygens (including phenoxy) is 1. The Labute approximate surface area is 97.9 Å². The van der Waals surface area contributed by atoms with Gasteiger partial charge >= 0.3 is 0 Å². The molecule has 0 atom stereocenters. The fourth-order valence-electron chi connectivity index (χ4n) is 0.969. The van der Waals surface area contributed by atoms with Crippen molar-refractivity contribution in [2.24, 2.45) is 7.05 Å². The maximum Gasteiger partial charge on any atom is 0.230 e. The topological polar surface area (TPSA) is 81.9 Å². The van der Waals surface area contributed by atoms with Crippen LogP contribution in [0.15, 0.2) is 5.16 Å². The molecule has 0 aromatic carbocycles. The normalized spacial score (nSPS) is 10.4. The van der Waals surface area contributed by atoms with Crippen molar-refractivity contribution in [2.45, 2.75) is 11.6 Å². The van der Waals surface area contributed by atoms with Crippen molar-refractivity contribution < 1.29 is 9.53 Å². The summed E-state index contributed by atoms with van der Waals surface area (Å²) in [5, 5.41) is 14.3. The lowest BCUT2D eigenvalue weighted by atomic mass is 10.4. The van der Waals surface area contributed by atoms with Gasteiger partial charge in [0, 0.05) is 27.3 Å². The van der Waals surface area contributed by atoms with Crippen LogP contribution in [0, 0.1) is 0 Å². The van der Waals surface area contributed by atoms with Crippen LogP contribution in [0.3, 0.4) is 0 Å². The lowest BCUT2D eigenvalue weighted by molar-refractivity contribution is -0.118. The first-order valence-corrected chi connectivity index (χ1v) is 5.83. The Bertz CT molecular complexity index is 330. The number of nitrogens with zero attached hydrogens (tertiary/aromatic N) is 4. The average Bonchev–Trinajstić information content (AvgIpc) is 2.67. The van der Waals surface area contributed by atoms with Gasteiger partial charge in [-0.25, -0.2) is 4.68 Å². The number of aryl methyl sites for hydroxylation is 1. The quantitative estimate of drug-likeness (QED) is 0.513. The lowest BCUT2D eigenvalue weighted by Crippen LogP contribution is -2.26. The van der Waals surface area contributed by atoms with Crippen molar-refractivity contribution in [1.82, 2.24) is 25.5 Å². The fourth-order valence-corrected chi connectivity index (χ4v) is 1.65. The number of carbonyl (C=O) groups excluding carboxylic acids is 1. The zero-order chi connectivity index (χ0) is 11.8. The van der Waals surface area contributed by atoms with E-state index >= 15 is 0 Å². The van der Waals surface area contributed by atoms with Crippen LogP contribution in [0.4, 0.5) is 0 Å². The van der Waals surface area contributed by atoms with E-state index in [1.54, 1.807) is 14.2 Å². The van der Waals surface area contributed by atoms with Gasteiger partial charge in [-0.1, -0.05) is 11.8 Å². The fraction of sp³-hybridized carbons (Fsp3) is 0.750. The molecule has 0 radical (unpaired) electrons. The predicted octanol–water partition coefficient (Wildman–Crippen LogP) is -0.545. The van der Waals surface area contributed by atoms with Gasteiger partial charge in [0.05, 0.1) is 5.75 Å². The van der Waals surface area contributed by atoms with Crippen LogP contribution in [0.2, 0.25) is 0 Å². The lowest BCUT2D eigenvalue weighted by Gasteiger charge is -2.03. The van der Waals surface area contributed by atoms with E-state index in [0.29, 0.717) is 24.1 Å². The second-order valence-corrected chi connectivity index (χ2v) is 4.01. The van der Waals surface area contributed by atoms with Gasteiger partial charge in [0.25, 0.3) is 0 Å². The number of rotatable bonds is 7. The standard InChI is InChI=1S/C8H15N5O2S/c1-13-8(10-11-12-13)16-6-7(14)9-4-3-5-15-2/h3-6H2,1-2H3,(H,9,14). The van der Waals surface area contributed by atoms with Crippen molar-refractivity contribution in [3.8, 4) is 0 Å². The van der Waals surface area contributed by atoms with Crippen LogP contribution in [-0.4, -0.2) is 52.1 Å². The molecule has 0 bridgehead atoms. The highest BCUT2D eigenvalue weighted by Gasteiger charge is 2.06. The Morgan fingerprint density at radius 1 is 1.62 bits per heavy atom. The van der Waals surface area contributed by atoms with Crippen LogP contribution in [0.1, 0.15) is 6.42 Å². The Morgan fingerprint density at radius 2 is 2.44 bits per heavy atom. The van der Waals surface area contributed by atoms with E-state index in [4.69, 9.17) is 4.74 Å². The van der Waals surface area contributed by atoms with E-state index in [2.05, 4.69) is 20.8 Å². The molecule has 1 rings (SSSR count). The molecule has 1 aromatic rings. The molecule has 0 unspecified atom stereocenters. The summed E-state index contributed by atoms with van der Waals surface area (Å²) < 4.78 is 6.40. The van der Waals surface area contributed by atoms with Crippen LogP contribution in [-0.2, 0) is 16.6 Å². The number of thioether (sulfide) groups is 1. The smallest absolute Gasteiger partial charge is 0.230 e. The van der Waals surface area contributed by atoms with E-state index in [1.165, 1.54) is 16.4 Å². The number of tetrazole rings is 1. The minimum Gasteiger partial charge on any atom is -0.385 e. The van der Waals surface area contributed by atoms with E-state index in [9.17, 15) is 4.79 Å². The molecule has 0 fully saturated rings. The van der Waals surface area contributed by atoms with Crippen molar-refractivity contribution in [3.63, 3.8) is 0 Å². The number of hydrogen-bond acceptors (Lipinski definition) is 6. The van der Waals surface area contributed by atoms with E-state index in [0.717, 1.165) is 6.42 Å². The Kier molecular flexibility index (Phi) is 5.79. The molecule has 0 aliphatic rings. The zero-order valence-corrected chi connectivity index (χ0v) is 10.2. The number of carbonyl (C=O) groups is 1. The maximum absolute atomic E-state index is 11.4. The second-order valence-electron chi connectivity index (χ2n) is 3.07. The molecule has 7 nitrogen and oxygen atoms in total. The van der Waals surface area contributed by atoms with Gasteiger partial charge in [0.1, 0.15) is 0 Å². The molecule has 1 heterocycles.